The summed E-state index contributed by atoms with van der Waals surface area (Å²) < 4.78 is 0. The van der Waals surface area contributed by atoms with Crippen molar-refractivity contribution in [2.24, 2.45) is 0 Å². The van der Waals surface area contributed by atoms with Gasteiger partial charge in [-0.2, -0.15) is 0 Å². The van der Waals surface area contributed by atoms with Crippen LogP contribution in [0.15, 0.2) is 36.7 Å². The van der Waals surface area contributed by atoms with Crippen LogP contribution in [0.5, 0.6) is 5.75 Å². The van der Waals surface area contributed by atoms with Crippen LogP contribution in [0, 0.1) is 0 Å². The summed E-state index contributed by atoms with van der Waals surface area (Å²) in [6.45, 7) is 0. The molecule has 2 rings (SSSR count). The van der Waals surface area contributed by atoms with Gasteiger partial charge in [0.15, 0.2) is 0 Å². The topological polar surface area (TPSA) is 85.2 Å². The van der Waals surface area contributed by atoms with E-state index in [-0.39, 0.29) is 5.75 Å². The first-order valence-electron chi connectivity index (χ1n) is 4.47. The summed E-state index contributed by atoms with van der Waals surface area (Å²) in [5.74, 6) is 0.141. The summed E-state index contributed by atoms with van der Waals surface area (Å²) in [5.41, 5.74) is 13.9. The standard InChI is InChI=1S/C11H11N3O/c12-7-1-2-10(13)8(5-7)9-6-14-4-3-11(9)15/h1-6H,12-13H2,(H,14,15). The van der Waals surface area contributed by atoms with E-state index in [4.69, 9.17) is 11.5 Å². The van der Waals surface area contributed by atoms with E-state index in [1.54, 1.807) is 24.4 Å². The molecule has 0 spiro atoms. The van der Waals surface area contributed by atoms with E-state index < -0.39 is 0 Å². The molecule has 0 radical (unpaired) electrons. The molecular formula is C11H11N3O. The Labute approximate surface area is 87.2 Å². The SMILES string of the molecule is Nc1ccc(N)c(-c2cnccc2O)c1. The highest BCUT2D eigenvalue weighted by Crippen LogP contribution is 2.33. The van der Waals surface area contributed by atoms with Crippen molar-refractivity contribution in [3.05, 3.63) is 36.7 Å². The molecule has 0 aliphatic rings. The molecule has 15 heavy (non-hydrogen) atoms. The zero-order valence-corrected chi connectivity index (χ0v) is 8.01. The molecule has 2 aromatic rings. The number of nitrogen functional groups attached to an aromatic ring is 2. The lowest BCUT2D eigenvalue weighted by atomic mass is 10.0. The minimum absolute atomic E-state index is 0.141. The van der Waals surface area contributed by atoms with Gasteiger partial charge < -0.3 is 16.6 Å². The largest absolute Gasteiger partial charge is 0.507 e. The second kappa shape index (κ2) is 3.49. The third-order valence-corrected chi connectivity index (χ3v) is 2.17. The van der Waals surface area contributed by atoms with E-state index in [1.807, 2.05) is 0 Å². The van der Waals surface area contributed by atoms with Crippen LogP contribution in [0.3, 0.4) is 0 Å². The fourth-order valence-electron chi connectivity index (χ4n) is 1.40. The zero-order valence-electron chi connectivity index (χ0n) is 8.01. The van der Waals surface area contributed by atoms with Gasteiger partial charge in [-0.15, -0.1) is 0 Å². The van der Waals surface area contributed by atoms with Gasteiger partial charge in [-0.3, -0.25) is 4.98 Å². The minimum Gasteiger partial charge on any atom is -0.507 e. The number of benzene rings is 1. The number of rotatable bonds is 1. The molecule has 0 saturated carbocycles. The highest BCUT2D eigenvalue weighted by Gasteiger charge is 2.07. The van der Waals surface area contributed by atoms with Crippen molar-refractivity contribution in [2.75, 3.05) is 11.5 Å². The minimum atomic E-state index is 0.141. The highest BCUT2D eigenvalue weighted by atomic mass is 16.3. The second-order valence-electron chi connectivity index (χ2n) is 3.24. The molecule has 4 heteroatoms. The molecule has 76 valence electrons. The van der Waals surface area contributed by atoms with Gasteiger partial charge in [-0.1, -0.05) is 0 Å². The molecule has 0 atom stereocenters. The molecule has 1 heterocycles. The molecule has 5 N–H and O–H groups in total. The fourth-order valence-corrected chi connectivity index (χ4v) is 1.40. The summed E-state index contributed by atoms with van der Waals surface area (Å²) >= 11 is 0. The van der Waals surface area contributed by atoms with E-state index in [2.05, 4.69) is 4.98 Å². The van der Waals surface area contributed by atoms with Crippen LogP contribution in [0.4, 0.5) is 11.4 Å². The Kier molecular flexibility index (Phi) is 2.17. The van der Waals surface area contributed by atoms with Crippen LogP contribution in [-0.4, -0.2) is 10.1 Å². The highest BCUT2D eigenvalue weighted by molar-refractivity contribution is 5.81. The van der Waals surface area contributed by atoms with Gasteiger partial charge in [0, 0.05) is 34.9 Å². The van der Waals surface area contributed by atoms with Crippen molar-refractivity contribution >= 4 is 11.4 Å². The Bertz CT molecular complexity index is 497. The van der Waals surface area contributed by atoms with Crippen LogP contribution in [-0.2, 0) is 0 Å². The summed E-state index contributed by atoms with van der Waals surface area (Å²) in [4.78, 5) is 3.94. The number of aromatic hydroxyl groups is 1. The van der Waals surface area contributed by atoms with Crippen LogP contribution in [0.1, 0.15) is 0 Å². The number of nitrogens with zero attached hydrogens (tertiary/aromatic N) is 1. The van der Waals surface area contributed by atoms with E-state index in [0.29, 0.717) is 22.5 Å². The van der Waals surface area contributed by atoms with E-state index in [9.17, 15) is 5.11 Å². The van der Waals surface area contributed by atoms with Crippen LogP contribution < -0.4 is 11.5 Å². The van der Waals surface area contributed by atoms with Gasteiger partial charge in [-0.25, -0.2) is 0 Å². The number of hydrogen-bond acceptors (Lipinski definition) is 4. The predicted octanol–water partition coefficient (Wildman–Crippen LogP) is 1.62. The quantitative estimate of drug-likeness (QED) is 0.612. The van der Waals surface area contributed by atoms with Crippen LogP contribution in [0.25, 0.3) is 11.1 Å². The Morgan fingerprint density at radius 3 is 2.60 bits per heavy atom. The maximum absolute atomic E-state index is 9.64. The molecule has 0 unspecified atom stereocenters. The van der Waals surface area contributed by atoms with Crippen molar-refractivity contribution in [2.45, 2.75) is 0 Å². The lowest BCUT2D eigenvalue weighted by molar-refractivity contribution is 0.476. The van der Waals surface area contributed by atoms with E-state index in [0.717, 1.165) is 0 Å². The van der Waals surface area contributed by atoms with Gasteiger partial charge in [0.25, 0.3) is 0 Å². The number of nitrogens with two attached hydrogens (primary N) is 2. The first-order chi connectivity index (χ1) is 7.18. The molecule has 1 aromatic carbocycles. The Morgan fingerprint density at radius 1 is 1.07 bits per heavy atom. The third-order valence-electron chi connectivity index (χ3n) is 2.17. The Morgan fingerprint density at radius 2 is 1.87 bits per heavy atom. The average Bonchev–Trinajstić information content (AvgIpc) is 2.23. The number of aromatic nitrogens is 1. The number of anilines is 2. The van der Waals surface area contributed by atoms with Gasteiger partial charge in [0.2, 0.25) is 0 Å². The molecule has 0 saturated heterocycles. The zero-order chi connectivity index (χ0) is 10.8. The van der Waals surface area contributed by atoms with Gasteiger partial charge in [-0.05, 0) is 24.3 Å². The van der Waals surface area contributed by atoms with Gasteiger partial charge in [0.1, 0.15) is 5.75 Å². The molecule has 1 aromatic heterocycles. The van der Waals surface area contributed by atoms with E-state index >= 15 is 0 Å². The third kappa shape index (κ3) is 1.69. The normalized spacial score (nSPS) is 10.1. The molecule has 0 aliphatic carbocycles. The number of hydrogen-bond donors (Lipinski definition) is 3. The van der Waals surface area contributed by atoms with Gasteiger partial charge >= 0.3 is 0 Å². The average molecular weight is 201 g/mol. The lowest BCUT2D eigenvalue weighted by Gasteiger charge is -2.07. The smallest absolute Gasteiger partial charge is 0.126 e. The molecule has 0 fully saturated rings. The molecule has 0 aliphatic heterocycles. The predicted molar refractivity (Wildman–Crippen MR) is 60.2 cm³/mol. The summed E-state index contributed by atoms with van der Waals surface area (Å²) in [7, 11) is 0. The second-order valence-corrected chi connectivity index (χ2v) is 3.24. The molecule has 0 amide bonds. The Balaban J connectivity index is 2.64. The maximum Gasteiger partial charge on any atom is 0.126 e. The summed E-state index contributed by atoms with van der Waals surface area (Å²) in [6, 6.07) is 6.65. The fraction of sp³-hybridized carbons (Fsp3) is 0. The first-order valence-corrected chi connectivity index (χ1v) is 4.47. The van der Waals surface area contributed by atoms with Crippen molar-refractivity contribution in [1.29, 1.82) is 0 Å². The van der Waals surface area contributed by atoms with Gasteiger partial charge in [0.05, 0.1) is 0 Å². The van der Waals surface area contributed by atoms with Crippen molar-refractivity contribution in [3.63, 3.8) is 0 Å². The van der Waals surface area contributed by atoms with E-state index in [1.165, 1.54) is 12.3 Å². The maximum atomic E-state index is 9.64. The summed E-state index contributed by atoms with van der Waals surface area (Å²) in [5, 5.41) is 9.64. The van der Waals surface area contributed by atoms with Crippen molar-refractivity contribution in [1.82, 2.24) is 4.98 Å². The lowest BCUT2D eigenvalue weighted by Crippen LogP contribution is -1.93. The van der Waals surface area contributed by atoms with Crippen LogP contribution in [0.2, 0.25) is 0 Å². The van der Waals surface area contributed by atoms with Crippen molar-refractivity contribution < 1.29 is 5.11 Å². The number of pyridine rings is 1. The van der Waals surface area contributed by atoms with Crippen molar-refractivity contribution in [3.8, 4) is 16.9 Å². The molecular weight excluding hydrogens is 190 g/mol. The van der Waals surface area contributed by atoms with Crippen LogP contribution >= 0.6 is 0 Å². The Hall–Kier alpha value is -2.23. The summed E-state index contributed by atoms with van der Waals surface area (Å²) in [6.07, 6.45) is 3.07. The molecule has 0 bridgehead atoms. The first kappa shape index (κ1) is 9.33. The monoisotopic (exact) mass is 201 g/mol. The molecule has 4 nitrogen and oxygen atoms in total.